The molecule has 1 aromatic carbocycles. The van der Waals surface area contributed by atoms with Crippen molar-refractivity contribution in [1.29, 1.82) is 0 Å². The summed E-state index contributed by atoms with van der Waals surface area (Å²) >= 11 is 6.16. The molecule has 0 spiro atoms. The van der Waals surface area contributed by atoms with Gasteiger partial charge in [-0.2, -0.15) is 0 Å². The van der Waals surface area contributed by atoms with Crippen molar-refractivity contribution in [3.05, 3.63) is 41.1 Å². The first-order valence-corrected chi connectivity index (χ1v) is 7.78. The lowest BCUT2D eigenvalue weighted by Gasteiger charge is -2.04. The molecule has 0 atom stereocenters. The Morgan fingerprint density at radius 2 is 2.18 bits per heavy atom. The lowest BCUT2D eigenvalue weighted by Crippen LogP contribution is -2.17. The van der Waals surface area contributed by atoms with Crippen LogP contribution in [0.25, 0.3) is 11.8 Å². The van der Waals surface area contributed by atoms with Crippen LogP contribution in [0.2, 0.25) is 0 Å². The Morgan fingerprint density at radius 3 is 2.82 bits per heavy atom. The summed E-state index contributed by atoms with van der Waals surface area (Å²) in [6.07, 6.45) is 3.41. The monoisotopic (exact) mass is 332 g/mol. The average Bonchev–Trinajstić information content (AvgIpc) is 3.08. The van der Waals surface area contributed by atoms with Gasteiger partial charge >= 0.3 is 0 Å². The van der Waals surface area contributed by atoms with E-state index in [-0.39, 0.29) is 5.91 Å². The van der Waals surface area contributed by atoms with Gasteiger partial charge in [0, 0.05) is 0 Å². The van der Waals surface area contributed by atoms with Gasteiger partial charge in [-0.25, -0.2) is 4.68 Å². The number of amides is 1. The highest BCUT2D eigenvalue weighted by Gasteiger charge is 2.22. The fourth-order valence-corrected chi connectivity index (χ4v) is 2.92. The molecule has 1 fully saturated rings. The minimum Gasteiger partial charge on any atom is -0.494 e. The first kappa shape index (κ1) is 14.7. The summed E-state index contributed by atoms with van der Waals surface area (Å²) in [5.74, 6) is 0.604. The third-order valence-electron chi connectivity index (χ3n) is 2.84. The third-order valence-corrected chi connectivity index (χ3v) is 4.01. The molecule has 1 aliphatic heterocycles. The van der Waals surface area contributed by atoms with Gasteiger partial charge in [-0.1, -0.05) is 29.2 Å². The maximum atomic E-state index is 11.6. The largest absolute Gasteiger partial charge is 0.494 e. The molecular weight excluding hydrogens is 320 g/mol. The van der Waals surface area contributed by atoms with Crippen LogP contribution in [0.4, 0.5) is 0 Å². The summed E-state index contributed by atoms with van der Waals surface area (Å²) < 4.78 is 7.49. The molecule has 1 N–H and O–H groups in total. The second-order valence-electron chi connectivity index (χ2n) is 4.37. The van der Waals surface area contributed by atoms with Gasteiger partial charge in [0.1, 0.15) is 15.8 Å². The minimum atomic E-state index is -0.203. The second kappa shape index (κ2) is 6.29. The number of hydrogen-bond donors (Lipinski definition) is 1. The molecular formula is C14H12N4O2S2. The van der Waals surface area contributed by atoms with E-state index in [0.717, 1.165) is 11.4 Å². The zero-order valence-electron chi connectivity index (χ0n) is 11.6. The molecule has 0 radical (unpaired) electrons. The van der Waals surface area contributed by atoms with Crippen LogP contribution in [0.15, 0.2) is 35.4 Å². The number of hydrogen-bond acceptors (Lipinski definition) is 6. The number of rotatable bonds is 4. The smallest absolute Gasteiger partial charge is 0.263 e. The Labute approximate surface area is 136 Å². The van der Waals surface area contributed by atoms with E-state index in [2.05, 4.69) is 15.6 Å². The molecule has 1 saturated heterocycles. The molecule has 0 aliphatic carbocycles. The molecule has 0 bridgehead atoms. The Kier molecular flexibility index (Phi) is 4.21. The van der Waals surface area contributed by atoms with Crippen LogP contribution >= 0.6 is 24.0 Å². The van der Waals surface area contributed by atoms with E-state index in [9.17, 15) is 4.79 Å². The van der Waals surface area contributed by atoms with Gasteiger partial charge in [0.15, 0.2) is 0 Å². The lowest BCUT2D eigenvalue weighted by atomic mass is 10.3. The highest BCUT2D eigenvalue weighted by Crippen LogP contribution is 2.25. The number of benzene rings is 1. The quantitative estimate of drug-likeness (QED) is 0.683. The summed E-state index contributed by atoms with van der Waals surface area (Å²) in [6.45, 7) is 2.57. The summed E-state index contributed by atoms with van der Waals surface area (Å²) in [5.41, 5.74) is 1.45. The molecule has 8 heteroatoms. The number of nitrogens with one attached hydrogen (secondary N) is 1. The van der Waals surface area contributed by atoms with Crippen molar-refractivity contribution in [2.24, 2.45) is 0 Å². The summed E-state index contributed by atoms with van der Waals surface area (Å²) in [5, 5.41) is 10.7. The topological polar surface area (TPSA) is 69.0 Å². The number of carbonyl (C=O) groups is 1. The standard InChI is InChI=1S/C14H12N4O2S2/c1-2-20-11-5-3-10(4-6-11)18-8-9(16-17-18)7-12-13(19)15-14(21)22-12/h3-8H,2H2,1H3,(H,15,19,21)/b12-7-. The lowest BCUT2D eigenvalue weighted by molar-refractivity contribution is -0.115. The average molecular weight is 332 g/mol. The van der Waals surface area contributed by atoms with Gasteiger partial charge in [0.25, 0.3) is 5.91 Å². The number of carbonyl (C=O) groups excluding carboxylic acids is 1. The molecule has 0 unspecified atom stereocenters. The predicted molar refractivity (Wildman–Crippen MR) is 88.8 cm³/mol. The first-order chi connectivity index (χ1) is 10.7. The van der Waals surface area contributed by atoms with Crippen molar-refractivity contribution in [3.63, 3.8) is 0 Å². The Hall–Kier alpha value is -2.19. The van der Waals surface area contributed by atoms with Gasteiger partial charge in [0.2, 0.25) is 0 Å². The van der Waals surface area contributed by atoms with E-state index in [1.165, 1.54) is 11.8 Å². The maximum absolute atomic E-state index is 11.6. The molecule has 2 heterocycles. The number of aromatic nitrogens is 3. The van der Waals surface area contributed by atoms with E-state index in [1.807, 2.05) is 31.2 Å². The SMILES string of the molecule is CCOc1ccc(-n2cc(/C=C3\SC(=S)NC3=O)nn2)cc1. The van der Waals surface area contributed by atoms with Crippen LogP contribution in [0, 0.1) is 0 Å². The summed E-state index contributed by atoms with van der Waals surface area (Å²) in [6, 6.07) is 7.53. The van der Waals surface area contributed by atoms with E-state index in [1.54, 1.807) is 17.0 Å². The zero-order valence-corrected chi connectivity index (χ0v) is 13.3. The third kappa shape index (κ3) is 3.18. The summed E-state index contributed by atoms with van der Waals surface area (Å²) in [4.78, 5) is 12.1. The Bertz CT molecular complexity index is 752. The van der Waals surface area contributed by atoms with E-state index in [4.69, 9.17) is 17.0 Å². The van der Waals surface area contributed by atoms with Gasteiger partial charge in [-0.15, -0.1) is 5.10 Å². The first-order valence-electron chi connectivity index (χ1n) is 6.56. The van der Waals surface area contributed by atoms with E-state index in [0.29, 0.717) is 21.5 Å². The second-order valence-corrected chi connectivity index (χ2v) is 6.09. The van der Waals surface area contributed by atoms with Crippen LogP contribution in [-0.2, 0) is 4.79 Å². The molecule has 1 amide bonds. The minimum absolute atomic E-state index is 0.203. The normalized spacial score (nSPS) is 16.1. The number of ether oxygens (including phenoxy) is 1. The van der Waals surface area contributed by atoms with Gasteiger partial charge in [-0.3, -0.25) is 4.79 Å². The molecule has 3 rings (SSSR count). The fourth-order valence-electron chi connectivity index (χ4n) is 1.89. The highest BCUT2D eigenvalue weighted by atomic mass is 32.2. The molecule has 22 heavy (non-hydrogen) atoms. The van der Waals surface area contributed by atoms with Crippen molar-refractivity contribution in [3.8, 4) is 11.4 Å². The Morgan fingerprint density at radius 1 is 1.41 bits per heavy atom. The van der Waals surface area contributed by atoms with Crippen LogP contribution < -0.4 is 10.1 Å². The molecule has 112 valence electrons. The van der Waals surface area contributed by atoms with Crippen molar-refractivity contribution in [2.75, 3.05) is 6.61 Å². The van der Waals surface area contributed by atoms with Crippen LogP contribution in [0.1, 0.15) is 12.6 Å². The van der Waals surface area contributed by atoms with Gasteiger partial charge in [0.05, 0.1) is 23.4 Å². The zero-order chi connectivity index (χ0) is 15.5. The van der Waals surface area contributed by atoms with E-state index >= 15 is 0 Å². The Balaban J connectivity index is 1.80. The van der Waals surface area contributed by atoms with Crippen LogP contribution in [0.5, 0.6) is 5.75 Å². The highest BCUT2D eigenvalue weighted by molar-refractivity contribution is 8.26. The van der Waals surface area contributed by atoms with Crippen molar-refractivity contribution in [2.45, 2.75) is 6.92 Å². The number of thiocarbonyl (C=S) groups is 1. The predicted octanol–water partition coefficient (Wildman–Crippen LogP) is 2.15. The molecule has 0 saturated carbocycles. The number of nitrogens with zero attached hydrogens (tertiary/aromatic N) is 3. The molecule has 1 aromatic heterocycles. The molecule has 6 nitrogen and oxygen atoms in total. The molecule has 2 aromatic rings. The van der Waals surface area contributed by atoms with Crippen molar-refractivity contribution in [1.82, 2.24) is 20.3 Å². The fraction of sp³-hybridized carbons (Fsp3) is 0.143. The van der Waals surface area contributed by atoms with Crippen molar-refractivity contribution < 1.29 is 9.53 Å². The maximum Gasteiger partial charge on any atom is 0.263 e. The van der Waals surface area contributed by atoms with Crippen molar-refractivity contribution >= 4 is 40.3 Å². The van der Waals surface area contributed by atoms with Gasteiger partial charge < -0.3 is 10.1 Å². The van der Waals surface area contributed by atoms with Gasteiger partial charge in [-0.05, 0) is 37.3 Å². The van der Waals surface area contributed by atoms with E-state index < -0.39 is 0 Å². The summed E-state index contributed by atoms with van der Waals surface area (Å²) in [7, 11) is 0. The van der Waals surface area contributed by atoms with Crippen LogP contribution in [-0.4, -0.2) is 31.8 Å². The number of thioether (sulfide) groups is 1. The van der Waals surface area contributed by atoms with Crippen LogP contribution in [0.3, 0.4) is 0 Å². The molecule has 1 aliphatic rings.